The molecule has 0 radical (unpaired) electrons. The number of ether oxygens (including phenoxy) is 3. The first-order valence-corrected chi connectivity index (χ1v) is 17.3. The number of piperazine rings is 1. The van der Waals surface area contributed by atoms with Crippen LogP contribution in [0, 0.1) is 23.6 Å². The number of nitrogens with zero attached hydrogens (tertiary/aromatic N) is 4. The Bertz CT molecular complexity index is 2040. The third-order valence-corrected chi connectivity index (χ3v) is 11.6. The lowest BCUT2D eigenvalue weighted by Crippen LogP contribution is -2.60. The molecule has 0 amide bonds. The number of rotatable bonds is 6. The number of benzene rings is 3. The Hall–Kier alpha value is -4.17. The van der Waals surface area contributed by atoms with Crippen LogP contribution < -0.4 is 19.7 Å². The van der Waals surface area contributed by atoms with Gasteiger partial charge in [0.2, 0.25) is 0 Å². The van der Waals surface area contributed by atoms with Crippen molar-refractivity contribution in [3.63, 3.8) is 0 Å². The van der Waals surface area contributed by atoms with Gasteiger partial charge >= 0.3 is 6.01 Å². The minimum absolute atomic E-state index is 0.0205. The van der Waals surface area contributed by atoms with Crippen LogP contribution in [0.1, 0.15) is 44.1 Å². The fourth-order valence-corrected chi connectivity index (χ4v) is 8.77. The van der Waals surface area contributed by atoms with E-state index in [1.54, 1.807) is 18.2 Å². The third-order valence-electron chi connectivity index (χ3n) is 11.6. The molecule has 5 heterocycles. The standard InChI is InChI=1S/C38H38FN5O4/c1-2-22-4-3-5-23-14-25(45)15-26(31(22)23)27-16-30-32-34(33(27)39)41-36(42-35(32)44-17-24-6-7-28(40-24)29(44)18-46-30)47-21-37(8-9-37)19-43-12-13-48-38(20-43)10-11-38/h1,3-5,14-16,24,28-29,40,45H,6-13,17-21H2/t24-,28+,29-/m1/s1. The quantitative estimate of drug-likeness (QED) is 0.281. The summed E-state index contributed by atoms with van der Waals surface area (Å²) in [6, 6.07) is 11.3. The minimum Gasteiger partial charge on any atom is -0.508 e. The molecule has 2 bridgehead atoms. The second-order valence-electron chi connectivity index (χ2n) is 14.9. The predicted molar refractivity (Wildman–Crippen MR) is 180 cm³/mol. The summed E-state index contributed by atoms with van der Waals surface area (Å²) < 4.78 is 36.2. The van der Waals surface area contributed by atoms with E-state index in [0.29, 0.717) is 52.7 Å². The Labute approximate surface area is 278 Å². The van der Waals surface area contributed by atoms with Gasteiger partial charge in [0.1, 0.15) is 29.4 Å². The number of hydrogen-bond acceptors (Lipinski definition) is 9. The lowest BCUT2D eigenvalue weighted by molar-refractivity contribution is -0.0532. The topological polar surface area (TPSA) is 92.2 Å². The van der Waals surface area contributed by atoms with Gasteiger partial charge in [-0.25, -0.2) is 4.39 Å². The summed E-state index contributed by atoms with van der Waals surface area (Å²) in [5, 5.41) is 16.5. The molecule has 9 nitrogen and oxygen atoms in total. The van der Waals surface area contributed by atoms with Gasteiger partial charge in [-0.15, -0.1) is 6.42 Å². The van der Waals surface area contributed by atoms with Gasteiger partial charge in [0.25, 0.3) is 0 Å². The SMILES string of the molecule is C#Cc1cccc2cc(O)cc(-c3cc4c5c(nc(OCC6(CN7CCOC8(CC8)C7)CC6)nc5c3F)N3C[C@H]5CC[C@H](N5)[C@H]3CO4)c12. The number of anilines is 1. The fourth-order valence-electron chi connectivity index (χ4n) is 8.77. The Morgan fingerprint density at radius 2 is 2.00 bits per heavy atom. The average molecular weight is 648 g/mol. The van der Waals surface area contributed by atoms with E-state index in [9.17, 15) is 5.11 Å². The van der Waals surface area contributed by atoms with E-state index in [2.05, 4.69) is 21.0 Å². The Balaban J connectivity index is 1.08. The number of terminal acetylenes is 1. The molecule has 1 spiro atoms. The van der Waals surface area contributed by atoms with E-state index >= 15 is 4.39 Å². The average Bonchev–Trinajstić information content (AvgIpc) is 4.01. The van der Waals surface area contributed by atoms with Crippen LogP contribution in [0.5, 0.6) is 17.5 Å². The van der Waals surface area contributed by atoms with Gasteiger partial charge in [-0.2, -0.15) is 9.97 Å². The summed E-state index contributed by atoms with van der Waals surface area (Å²) in [6.45, 7) is 5.33. The molecule has 0 unspecified atom stereocenters. The van der Waals surface area contributed by atoms with Crippen molar-refractivity contribution in [1.82, 2.24) is 20.2 Å². The summed E-state index contributed by atoms with van der Waals surface area (Å²) in [5.41, 5.74) is 1.63. The molecule has 3 atom stereocenters. The van der Waals surface area contributed by atoms with Gasteiger partial charge in [-0.1, -0.05) is 18.1 Å². The predicted octanol–water partition coefficient (Wildman–Crippen LogP) is 5.00. The number of phenols is 1. The van der Waals surface area contributed by atoms with Crippen LogP contribution in [0.2, 0.25) is 0 Å². The zero-order valence-corrected chi connectivity index (χ0v) is 26.8. The van der Waals surface area contributed by atoms with Crippen LogP contribution in [0.25, 0.3) is 32.8 Å². The highest BCUT2D eigenvalue weighted by Crippen LogP contribution is 2.50. The van der Waals surface area contributed by atoms with Gasteiger partial charge in [0, 0.05) is 60.2 Å². The van der Waals surface area contributed by atoms with Crippen LogP contribution >= 0.6 is 0 Å². The summed E-state index contributed by atoms with van der Waals surface area (Å²) in [7, 11) is 0. The minimum atomic E-state index is -0.523. The molecule has 1 aromatic heterocycles. The molecule has 10 rings (SSSR count). The first-order valence-electron chi connectivity index (χ1n) is 17.3. The maximum absolute atomic E-state index is 17.2. The van der Waals surface area contributed by atoms with E-state index < -0.39 is 5.82 Å². The highest BCUT2D eigenvalue weighted by atomic mass is 19.1. The molecular weight excluding hydrogens is 609 g/mol. The third kappa shape index (κ3) is 4.62. The van der Waals surface area contributed by atoms with E-state index in [0.717, 1.165) is 76.7 Å². The Morgan fingerprint density at radius 1 is 1.10 bits per heavy atom. The molecule has 3 aromatic carbocycles. The van der Waals surface area contributed by atoms with Crippen LogP contribution in [0.4, 0.5) is 10.2 Å². The molecule has 246 valence electrons. The van der Waals surface area contributed by atoms with Crippen molar-refractivity contribution in [2.75, 3.05) is 50.9 Å². The van der Waals surface area contributed by atoms with E-state index in [1.165, 1.54) is 0 Å². The molecule has 3 saturated heterocycles. The van der Waals surface area contributed by atoms with Gasteiger partial charge < -0.3 is 29.5 Å². The van der Waals surface area contributed by atoms with Crippen molar-refractivity contribution < 1.29 is 23.7 Å². The van der Waals surface area contributed by atoms with Crippen LogP contribution in [0.15, 0.2) is 36.4 Å². The first-order chi connectivity index (χ1) is 23.4. The lowest BCUT2D eigenvalue weighted by Gasteiger charge is -2.40. The van der Waals surface area contributed by atoms with E-state index in [4.69, 9.17) is 30.6 Å². The van der Waals surface area contributed by atoms with Gasteiger partial charge in [-0.05, 0) is 73.7 Å². The maximum atomic E-state index is 17.2. The van der Waals surface area contributed by atoms with Crippen LogP contribution in [-0.4, -0.2) is 89.7 Å². The number of aromatic hydroxyl groups is 1. The number of aromatic nitrogens is 2. The molecule has 2 N–H and O–H groups in total. The monoisotopic (exact) mass is 647 g/mol. The van der Waals surface area contributed by atoms with Gasteiger partial charge in [0.15, 0.2) is 5.82 Å². The number of hydrogen-bond donors (Lipinski definition) is 2. The smallest absolute Gasteiger partial charge is 0.319 e. The van der Waals surface area contributed by atoms with Crippen molar-refractivity contribution in [3.05, 3.63) is 47.8 Å². The van der Waals surface area contributed by atoms with Crippen LogP contribution in [-0.2, 0) is 4.74 Å². The molecule has 2 saturated carbocycles. The number of fused-ring (bicyclic) bond motifs is 6. The molecule has 5 fully saturated rings. The van der Waals surface area contributed by atoms with Crippen molar-refractivity contribution in [2.45, 2.75) is 62.3 Å². The second-order valence-corrected chi connectivity index (χ2v) is 14.9. The number of halogens is 1. The second kappa shape index (κ2) is 10.4. The lowest BCUT2D eigenvalue weighted by atomic mass is 9.93. The van der Waals surface area contributed by atoms with E-state index in [-0.39, 0.29) is 45.9 Å². The largest absolute Gasteiger partial charge is 0.508 e. The molecule has 4 aromatic rings. The van der Waals surface area contributed by atoms with Gasteiger partial charge in [0.05, 0.1) is 30.2 Å². The van der Waals surface area contributed by atoms with Crippen LogP contribution in [0.3, 0.4) is 0 Å². The highest BCUT2D eigenvalue weighted by molar-refractivity contribution is 6.05. The molecule has 2 aliphatic carbocycles. The molecule has 48 heavy (non-hydrogen) atoms. The summed E-state index contributed by atoms with van der Waals surface area (Å²) in [5.74, 6) is 3.42. The van der Waals surface area contributed by atoms with Crippen molar-refractivity contribution >= 4 is 27.5 Å². The van der Waals surface area contributed by atoms with E-state index in [1.807, 2.05) is 18.2 Å². The summed E-state index contributed by atoms with van der Waals surface area (Å²) >= 11 is 0. The number of nitrogens with one attached hydrogen (secondary N) is 1. The molecule has 10 heteroatoms. The highest BCUT2D eigenvalue weighted by Gasteiger charge is 2.51. The maximum Gasteiger partial charge on any atom is 0.319 e. The summed E-state index contributed by atoms with van der Waals surface area (Å²) in [6.07, 6.45) is 12.5. The molecule has 6 aliphatic rings. The number of morpholine rings is 1. The normalized spacial score (nSPS) is 26.2. The van der Waals surface area contributed by atoms with Crippen molar-refractivity contribution in [2.24, 2.45) is 5.41 Å². The zero-order valence-electron chi connectivity index (χ0n) is 26.8. The van der Waals surface area contributed by atoms with Crippen molar-refractivity contribution in [1.29, 1.82) is 0 Å². The van der Waals surface area contributed by atoms with Crippen molar-refractivity contribution in [3.8, 4) is 41.0 Å². The zero-order chi connectivity index (χ0) is 32.2. The number of phenolic OH excluding ortho intramolecular Hbond substituents is 1. The Kier molecular flexibility index (Phi) is 6.25. The first kappa shape index (κ1) is 28.8. The Morgan fingerprint density at radius 3 is 2.83 bits per heavy atom. The van der Waals surface area contributed by atoms with Gasteiger partial charge in [-0.3, -0.25) is 4.90 Å². The fraction of sp³-hybridized carbons (Fsp3) is 0.474. The summed E-state index contributed by atoms with van der Waals surface area (Å²) in [4.78, 5) is 14.6. The molecule has 4 aliphatic heterocycles. The molecular formula is C38H38FN5O4.